The van der Waals surface area contributed by atoms with E-state index in [9.17, 15) is 19.2 Å². The zero-order valence-electron chi connectivity index (χ0n) is 12.8. The molecule has 23 heavy (non-hydrogen) atoms. The highest BCUT2D eigenvalue weighted by Gasteiger charge is 2.12. The number of esters is 1. The highest BCUT2D eigenvalue weighted by atomic mass is 16.5. The Balaban J connectivity index is 2.22. The van der Waals surface area contributed by atoms with Crippen molar-refractivity contribution in [2.24, 2.45) is 0 Å². The Kier molecular flexibility index (Phi) is 7.84. The van der Waals surface area contributed by atoms with Gasteiger partial charge in [0, 0.05) is 12.1 Å². The summed E-state index contributed by atoms with van der Waals surface area (Å²) in [6.07, 6.45) is 0.734. The summed E-state index contributed by atoms with van der Waals surface area (Å²) in [7, 11) is 0. The zero-order chi connectivity index (χ0) is 17.1. The lowest BCUT2D eigenvalue weighted by atomic mass is 10.2. The van der Waals surface area contributed by atoms with Crippen molar-refractivity contribution in [3.8, 4) is 0 Å². The minimum absolute atomic E-state index is 0.372. The van der Waals surface area contributed by atoms with Crippen LogP contribution in [-0.4, -0.2) is 43.5 Å². The Morgan fingerprint density at radius 3 is 2.39 bits per heavy atom. The number of hydrogen-bond donors (Lipinski definition) is 3. The van der Waals surface area contributed by atoms with Crippen LogP contribution < -0.4 is 16.0 Å². The molecule has 8 heteroatoms. The molecule has 0 atom stereocenters. The number of carbonyl (C=O) groups is 4. The molecule has 4 amide bonds. The number of benzene rings is 1. The molecular formula is C15H19N3O5. The van der Waals surface area contributed by atoms with Crippen LogP contribution in [0.3, 0.4) is 0 Å². The minimum atomic E-state index is -0.779. The molecule has 0 saturated carbocycles. The average Bonchev–Trinajstić information content (AvgIpc) is 2.56. The van der Waals surface area contributed by atoms with Gasteiger partial charge in [-0.05, 0) is 18.6 Å². The monoisotopic (exact) mass is 321 g/mol. The van der Waals surface area contributed by atoms with Crippen molar-refractivity contribution in [2.45, 2.75) is 13.3 Å². The Labute approximate surface area is 133 Å². The molecule has 0 unspecified atom stereocenters. The molecule has 0 fully saturated rings. The lowest BCUT2D eigenvalue weighted by Crippen LogP contribution is -2.42. The number of urea groups is 1. The van der Waals surface area contributed by atoms with Crippen LogP contribution in [0.25, 0.3) is 0 Å². The summed E-state index contributed by atoms with van der Waals surface area (Å²) in [5.74, 6) is -1.95. The van der Waals surface area contributed by atoms with E-state index < -0.39 is 30.4 Å². The smallest absolute Gasteiger partial charge is 0.325 e. The largest absolute Gasteiger partial charge is 0.454 e. The topological polar surface area (TPSA) is 114 Å². The second kappa shape index (κ2) is 9.93. The Hall–Kier alpha value is -2.90. The molecule has 0 aliphatic rings. The van der Waals surface area contributed by atoms with Gasteiger partial charge in [-0.1, -0.05) is 25.1 Å². The Morgan fingerprint density at radius 1 is 1.04 bits per heavy atom. The number of nitrogens with one attached hydrogen (secondary N) is 3. The third-order valence-electron chi connectivity index (χ3n) is 2.58. The molecule has 0 aliphatic heterocycles. The van der Waals surface area contributed by atoms with E-state index in [-0.39, 0.29) is 6.54 Å². The van der Waals surface area contributed by atoms with Crippen molar-refractivity contribution < 1.29 is 23.9 Å². The van der Waals surface area contributed by atoms with E-state index in [4.69, 9.17) is 0 Å². The number of ether oxygens (including phenoxy) is 1. The van der Waals surface area contributed by atoms with Crippen LogP contribution in [0.4, 0.5) is 4.79 Å². The molecule has 0 aromatic heterocycles. The maximum atomic E-state index is 11.7. The summed E-state index contributed by atoms with van der Waals surface area (Å²) >= 11 is 0. The molecule has 3 N–H and O–H groups in total. The summed E-state index contributed by atoms with van der Waals surface area (Å²) in [5, 5.41) is 6.81. The number of imide groups is 1. The average molecular weight is 321 g/mol. The second-order valence-electron chi connectivity index (χ2n) is 4.51. The fourth-order valence-corrected chi connectivity index (χ4v) is 1.49. The second-order valence-corrected chi connectivity index (χ2v) is 4.51. The number of rotatable bonds is 7. The molecule has 0 radical (unpaired) electrons. The standard InChI is InChI=1S/C15H19N3O5/c1-2-8-16-15(22)18-12(19)10-23-13(20)9-17-14(21)11-6-4-3-5-7-11/h3-7H,2,8-10H2,1H3,(H,17,21)(H2,16,18,19,22). The molecule has 0 heterocycles. The fraction of sp³-hybridized carbons (Fsp3) is 0.333. The van der Waals surface area contributed by atoms with E-state index in [1.165, 1.54) is 0 Å². The molecular weight excluding hydrogens is 302 g/mol. The maximum Gasteiger partial charge on any atom is 0.325 e. The first-order valence-corrected chi connectivity index (χ1v) is 7.09. The normalized spacial score (nSPS) is 9.61. The Morgan fingerprint density at radius 2 is 1.74 bits per heavy atom. The molecule has 0 bridgehead atoms. The maximum absolute atomic E-state index is 11.7. The number of carbonyl (C=O) groups excluding carboxylic acids is 4. The molecule has 0 aliphatic carbocycles. The van der Waals surface area contributed by atoms with Crippen LogP contribution >= 0.6 is 0 Å². The first-order chi connectivity index (χ1) is 11.0. The van der Waals surface area contributed by atoms with Crippen molar-refractivity contribution in [3.05, 3.63) is 35.9 Å². The molecule has 8 nitrogen and oxygen atoms in total. The van der Waals surface area contributed by atoms with Crippen molar-refractivity contribution in [1.82, 2.24) is 16.0 Å². The first-order valence-electron chi connectivity index (χ1n) is 7.09. The predicted octanol–water partition coefficient (Wildman–Crippen LogP) is 0.195. The van der Waals surface area contributed by atoms with Gasteiger partial charge in [0.1, 0.15) is 6.54 Å². The van der Waals surface area contributed by atoms with Gasteiger partial charge in [0.05, 0.1) is 0 Å². The molecule has 1 aromatic carbocycles. The van der Waals surface area contributed by atoms with Crippen molar-refractivity contribution in [2.75, 3.05) is 19.7 Å². The van der Waals surface area contributed by atoms with Crippen molar-refractivity contribution in [1.29, 1.82) is 0 Å². The van der Waals surface area contributed by atoms with Crippen LogP contribution in [-0.2, 0) is 14.3 Å². The highest BCUT2D eigenvalue weighted by Crippen LogP contribution is 1.97. The summed E-state index contributed by atoms with van der Waals surface area (Å²) < 4.78 is 4.65. The number of amides is 4. The summed E-state index contributed by atoms with van der Waals surface area (Å²) in [6, 6.07) is 7.71. The van der Waals surface area contributed by atoms with Gasteiger partial charge in [0.25, 0.3) is 11.8 Å². The quantitative estimate of drug-likeness (QED) is 0.621. The highest BCUT2D eigenvalue weighted by molar-refractivity contribution is 5.97. The van der Waals surface area contributed by atoms with Gasteiger partial charge in [-0.3, -0.25) is 19.7 Å². The zero-order valence-corrected chi connectivity index (χ0v) is 12.8. The third-order valence-corrected chi connectivity index (χ3v) is 2.58. The van der Waals surface area contributed by atoms with Gasteiger partial charge in [-0.25, -0.2) is 4.79 Å². The Bertz CT molecular complexity index is 559. The molecule has 1 rings (SSSR count). The van der Waals surface area contributed by atoms with Crippen LogP contribution in [0.2, 0.25) is 0 Å². The van der Waals surface area contributed by atoms with Crippen molar-refractivity contribution in [3.63, 3.8) is 0 Å². The van der Waals surface area contributed by atoms with E-state index in [0.29, 0.717) is 12.1 Å². The number of hydrogen-bond acceptors (Lipinski definition) is 5. The van der Waals surface area contributed by atoms with E-state index >= 15 is 0 Å². The molecule has 124 valence electrons. The van der Waals surface area contributed by atoms with E-state index in [0.717, 1.165) is 6.42 Å². The van der Waals surface area contributed by atoms with Gasteiger partial charge < -0.3 is 15.4 Å². The van der Waals surface area contributed by atoms with Crippen LogP contribution in [0, 0.1) is 0 Å². The van der Waals surface area contributed by atoms with Crippen LogP contribution in [0.1, 0.15) is 23.7 Å². The van der Waals surface area contributed by atoms with Gasteiger partial charge in [-0.2, -0.15) is 0 Å². The molecule has 1 aromatic rings. The van der Waals surface area contributed by atoms with E-state index in [1.54, 1.807) is 30.3 Å². The molecule has 0 spiro atoms. The fourth-order valence-electron chi connectivity index (χ4n) is 1.49. The minimum Gasteiger partial charge on any atom is -0.454 e. The van der Waals surface area contributed by atoms with Crippen molar-refractivity contribution >= 4 is 23.8 Å². The lowest BCUT2D eigenvalue weighted by Gasteiger charge is -2.07. The summed E-state index contributed by atoms with van der Waals surface area (Å²) in [4.78, 5) is 45.6. The van der Waals surface area contributed by atoms with Gasteiger partial charge in [0.2, 0.25) is 0 Å². The summed E-state index contributed by atoms with van der Waals surface area (Å²) in [5.41, 5.74) is 0.408. The van der Waals surface area contributed by atoms with Gasteiger partial charge in [0.15, 0.2) is 6.61 Å². The van der Waals surface area contributed by atoms with Crippen LogP contribution in [0.15, 0.2) is 30.3 Å². The summed E-state index contributed by atoms with van der Waals surface area (Å²) in [6.45, 7) is 1.33. The SMILES string of the molecule is CCCNC(=O)NC(=O)COC(=O)CNC(=O)c1ccccc1. The van der Waals surface area contributed by atoms with Gasteiger partial charge >= 0.3 is 12.0 Å². The third kappa shape index (κ3) is 7.60. The predicted molar refractivity (Wildman–Crippen MR) is 81.6 cm³/mol. The lowest BCUT2D eigenvalue weighted by molar-refractivity contribution is -0.147. The molecule has 0 saturated heterocycles. The van der Waals surface area contributed by atoms with Crippen LogP contribution in [0.5, 0.6) is 0 Å². The van der Waals surface area contributed by atoms with Gasteiger partial charge in [-0.15, -0.1) is 0 Å². The van der Waals surface area contributed by atoms with E-state index in [1.807, 2.05) is 12.2 Å². The van der Waals surface area contributed by atoms with E-state index in [2.05, 4.69) is 15.4 Å². The first kappa shape index (κ1) is 18.1.